The molecule has 0 radical (unpaired) electrons. The Morgan fingerprint density at radius 2 is 2.10 bits per heavy atom. The van der Waals surface area contributed by atoms with Gasteiger partial charge in [-0.1, -0.05) is 0 Å². The van der Waals surface area contributed by atoms with Gasteiger partial charge in [0, 0.05) is 29.4 Å². The molecule has 0 aliphatic carbocycles. The van der Waals surface area contributed by atoms with E-state index in [4.69, 9.17) is 0 Å². The van der Waals surface area contributed by atoms with Crippen LogP contribution in [0, 0.1) is 0 Å². The van der Waals surface area contributed by atoms with Crippen molar-refractivity contribution in [2.75, 3.05) is 6.26 Å². The zero-order valence-corrected chi connectivity index (χ0v) is 11.7. The number of aromatic nitrogens is 5. The SMILES string of the molecule is CS(=O)Cc1ccn(-c2cnn(-c3cccnc3)c2)n1. The zero-order valence-electron chi connectivity index (χ0n) is 10.9. The van der Waals surface area contributed by atoms with E-state index in [1.165, 1.54) is 0 Å². The summed E-state index contributed by atoms with van der Waals surface area (Å²) in [5.74, 6) is 0.462. The molecule has 3 aromatic heterocycles. The summed E-state index contributed by atoms with van der Waals surface area (Å²) in [6.45, 7) is 0. The molecule has 3 aromatic rings. The molecule has 0 aliphatic heterocycles. The number of hydrogen-bond acceptors (Lipinski definition) is 4. The van der Waals surface area contributed by atoms with Crippen molar-refractivity contribution in [1.82, 2.24) is 24.5 Å². The lowest BCUT2D eigenvalue weighted by Crippen LogP contribution is -1.98. The van der Waals surface area contributed by atoms with Gasteiger partial charge in [-0.05, 0) is 18.2 Å². The van der Waals surface area contributed by atoms with Gasteiger partial charge in [-0.25, -0.2) is 9.36 Å². The predicted octanol–water partition coefficient (Wildman–Crippen LogP) is 1.33. The minimum absolute atomic E-state index is 0.462. The maximum atomic E-state index is 11.2. The molecule has 0 fully saturated rings. The van der Waals surface area contributed by atoms with Gasteiger partial charge in [0.25, 0.3) is 0 Å². The lowest BCUT2D eigenvalue weighted by atomic mass is 10.4. The lowest BCUT2D eigenvalue weighted by molar-refractivity contribution is 0.685. The maximum Gasteiger partial charge on any atom is 0.103 e. The van der Waals surface area contributed by atoms with Gasteiger partial charge in [0.2, 0.25) is 0 Å². The molecule has 0 amide bonds. The molecule has 0 saturated carbocycles. The molecule has 20 heavy (non-hydrogen) atoms. The molecule has 0 N–H and O–H groups in total. The van der Waals surface area contributed by atoms with Crippen LogP contribution in [0.5, 0.6) is 0 Å². The third-order valence-electron chi connectivity index (χ3n) is 2.74. The zero-order chi connectivity index (χ0) is 13.9. The van der Waals surface area contributed by atoms with Gasteiger partial charge in [-0.3, -0.25) is 9.19 Å². The van der Waals surface area contributed by atoms with Crippen LogP contribution in [0.15, 0.2) is 49.2 Å². The molecular weight excluding hydrogens is 274 g/mol. The summed E-state index contributed by atoms with van der Waals surface area (Å²) < 4.78 is 14.6. The van der Waals surface area contributed by atoms with E-state index in [2.05, 4.69) is 15.2 Å². The Morgan fingerprint density at radius 3 is 2.85 bits per heavy atom. The summed E-state index contributed by atoms with van der Waals surface area (Å²) in [6, 6.07) is 5.65. The topological polar surface area (TPSA) is 65.6 Å². The predicted molar refractivity (Wildman–Crippen MR) is 76.3 cm³/mol. The highest BCUT2D eigenvalue weighted by atomic mass is 32.2. The van der Waals surface area contributed by atoms with E-state index in [0.717, 1.165) is 17.1 Å². The third kappa shape index (κ3) is 2.67. The van der Waals surface area contributed by atoms with E-state index in [-0.39, 0.29) is 0 Å². The summed E-state index contributed by atoms with van der Waals surface area (Å²) in [5.41, 5.74) is 2.54. The van der Waals surface area contributed by atoms with E-state index in [9.17, 15) is 4.21 Å². The van der Waals surface area contributed by atoms with Gasteiger partial charge in [-0.15, -0.1) is 0 Å². The van der Waals surface area contributed by atoms with Gasteiger partial charge in [0.05, 0.1) is 35.7 Å². The Bertz CT molecular complexity index is 734. The van der Waals surface area contributed by atoms with Gasteiger partial charge >= 0.3 is 0 Å². The van der Waals surface area contributed by atoms with E-state index < -0.39 is 10.8 Å². The fourth-order valence-corrected chi connectivity index (χ4v) is 2.42. The van der Waals surface area contributed by atoms with E-state index in [0.29, 0.717) is 5.75 Å². The van der Waals surface area contributed by atoms with Crippen LogP contribution in [0.25, 0.3) is 11.4 Å². The summed E-state index contributed by atoms with van der Waals surface area (Å²) in [6.07, 6.45) is 10.6. The lowest BCUT2D eigenvalue weighted by Gasteiger charge is -1.98. The fraction of sp³-hybridized carbons (Fsp3) is 0.154. The molecule has 3 heterocycles. The average molecular weight is 287 g/mol. The first kappa shape index (κ1) is 12.7. The van der Waals surface area contributed by atoms with Crippen LogP contribution < -0.4 is 0 Å². The minimum atomic E-state index is -0.889. The Morgan fingerprint density at radius 1 is 1.20 bits per heavy atom. The minimum Gasteiger partial charge on any atom is -0.262 e. The highest BCUT2D eigenvalue weighted by Gasteiger charge is 2.06. The molecule has 1 unspecified atom stereocenters. The fourth-order valence-electron chi connectivity index (χ4n) is 1.85. The molecule has 6 nitrogen and oxygen atoms in total. The quantitative estimate of drug-likeness (QED) is 0.726. The number of rotatable bonds is 4. The first-order valence-electron chi connectivity index (χ1n) is 6.02. The van der Waals surface area contributed by atoms with Crippen molar-refractivity contribution in [3.8, 4) is 11.4 Å². The van der Waals surface area contributed by atoms with Gasteiger partial charge in [0.15, 0.2) is 0 Å². The molecule has 1 atom stereocenters. The van der Waals surface area contributed by atoms with E-state index >= 15 is 0 Å². The van der Waals surface area contributed by atoms with Crippen molar-refractivity contribution in [3.63, 3.8) is 0 Å². The normalized spacial score (nSPS) is 12.4. The smallest absolute Gasteiger partial charge is 0.103 e. The summed E-state index contributed by atoms with van der Waals surface area (Å²) >= 11 is 0. The first-order chi connectivity index (χ1) is 9.72. The van der Waals surface area contributed by atoms with Crippen LogP contribution >= 0.6 is 0 Å². The Balaban J connectivity index is 1.87. The summed E-state index contributed by atoms with van der Waals surface area (Å²) in [4.78, 5) is 4.06. The number of nitrogens with zero attached hydrogens (tertiary/aromatic N) is 5. The Labute approximate surface area is 118 Å². The second-order valence-electron chi connectivity index (χ2n) is 4.32. The molecule has 0 saturated heterocycles. The van der Waals surface area contributed by atoms with Crippen molar-refractivity contribution in [2.45, 2.75) is 5.75 Å². The number of pyridine rings is 1. The summed E-state index contributed by atoms with van der Waals surface area (Å²) in [7, 11) is -0.889. The van der Waals surface area contributed by atoms with Crippen LogP contribution in [0.2, 0.25) is 0 Å². The average Bonchev–Trinajstić information content (AvgIpc) is 3.07. The Hall–Kier alpha value is -2.28. The molecule has 0 bridgehead atoms. The largest absolute Gasteiger partial charge is 0.262 e. The maximum absolute atomic E-state index is 11.2. The highest BCUT2D eigenvalue weighted by molar-refractivity contribution is 7.83. The first-order valence-corrected chi connectivity index (χ1v) is 7.75. The van der Waals surface area contributed by atoms with Crippen LogP contribution in [0.3, 0.4) is 0 Å². The second kappa shape index (κ2) is 5.38. The van der Waals surface area contributed by atoms with Crippen LogP contribution in [0.4, 0.5) is 0 Å². The van der Waals surface area contributed by atoms with Gasteiger partial charge in [-0.2, -0.15) is 10.2 Å². The molecule has 0 aromatic carbocycles. The Kier molecular flexibility index (Phi) is 3.42. The molecular formula is C13H13N5OS. The molecule has 102 valence electrons. The van der Waals surface area contributed by atoms with Crippen LogP contribution in [-0.2, 0) is 16.6 Å². The summed E-state index contributed by atoms with van der Waals surface area (Å²) in [5, 5.41) is 8.67. The van der Waals surface area contributed by atoms with Crippen LogP contribution in [-0.4, -0.2) is 35.0 Å². The van der Waals surface area contributed by atoms with Crippen LogP contribution in [0.1, 0.15) is 5.69 Å². The highest BCUT2D eigenvalue weighted by Crippen LogP contribution is 2.11. The molecule has 0 aliphatic rings. The monoisotopic (exact) mass is 287 g/mol. The third-order valence-corrected chi connectivity index (χ3v) is 3.44. The second-order valence-corrected chi connectivity index (χ2v) is 5.76. The van der Waals surface area contributed by atoms with E-state index in [1.807, 2.05) is 30.6 Å². The number of hydrogen-bond donors (Lipinski definition) is 0. The van der Waals surface area contributed by atoms with Gasteiger partial charge in [0.1, 0.15) is 5.69 Å². The van der Waals surface area contributed by atoms with Crippen molar-refractivity contribution in [1.29, 1.82) is 0 Å². The van der Waals surface area contributed by atoms with Crippen molar-refractivity contribution < 1.29 is 4.21 Å². The molecule has 0 spiro atoms. The van der Waals surface area contributed by atoms with Crippen molar-refractivity contribution in [3.05, 3.63) is 54.9 Å². The molecule has 3 rings (SSSR count). The van der Waals surface area contributed by atoms with Crippen molar-refractivity contribution in [2.24, 2.45) is 0 Å². The van der Waals surface area contributed by atoms with Crippen molar-refractivity contribution >= 4 is 10.8 Å². The van der Waals surface area contributed by atoms with E-state index in [1.54, 1.807) is 34.2 Å². The van der Waals surface area contributed by atoms with Gasteiger partial charge < -0.3 is 0 Å². The molecule has 7 heteroatoms. The standard InChI is InChI=1S/C13H13N5OS/c1-20(19)10-11-4-6-17(16-11)13-8-15-18(9-13)12-3-2-5-14-7-12/h2-9H,10H2,1H3.